The molecule has 0 aliphatic rings. The summed E-state index contributed by atoms with van der Waals surface area (Å²) in [6, 6.07) is 3.93. The number of nitrogens with zero attached hydrogens (tertiary/aromatic N) is 1. The number of hydrogen-bond donors (Lipinski definition) is 1. The second-order valence-corrected chi connectivity index (χ2v) is 5.01. The number of rotatable bonds is 2. The Bertz CT molecular complexity index is 342. The van der Waals surface area contributed by atoms with Crippen LogP contribution in [0.2, 0.25) is 0 Å². The van der Waals surface area contributed by atoms with Gasteiger partial charge in [0.2, 0.25) is 0 Å². The highest BCUT2D eigenvalue weighted by Gasteiger charge is 2.13. The summed E-state index contributed by atoms with van der Waals surface area (Å²) < 4.78 is 0.829. The van der Waals surface area contributed by atoms with Crippen LogP contribution in [0.1, 0.15) is 16.7 Å². The molecule has 1 N–H and O–H groups in total. The van der Waals surface area contributed by atoms with Gasteiger partial charge in [-0.05, 0) is 37.1 Å². The van der Waals surface area contributed by atoms with Gasteiger partial charge in [0, 0.05) is 5.56 Å². The number of halogens is 1. The average Bonchev–Trinajstić information content (AvgIpc) is 1.97. The largest absolute Gasteiger partial charge is 1.00 e. The first-order valence-corrected chi connectivity index (χ1v) is 4.89. The van der Waals surface area contributed by atoms with Gasteiger partial charge in [-0.3, -0.25) is 0 Å². The maximum absolute atomic E-state index is 9.77. The van der Waals surface area contributed by atoms with Crippen LogP contribution in [0.25, 0.3) is 0 Å². The van der Waals surface area contributed by atoms with Crippen LogP contribution in [0.4, 0.5) is 0 Å². The average molecular weight is 321 g/mol. The molecule has 3 heteroatoms. The van der Waals surface area contributed by atoms with Gasteiger partial charge in [0.25, 0.3) is 0 Å². The fraction of sp³-hybridized carbons (Fsp3) is 0.500. The van der Waals surface area contributed by atoms with E-state index in [-0.39, 0.29) is 24.0 Å². The Labute approximate surface area is 110 Å². The van der Waals surface area contributed by atoms with Gasteiger partial charge in [0.05, 0.1) is 21.1 Å². The lowest BCUT2D eigenvalue weighted by Crippen LogP contribution is -3.00. The Kier molecular flexibility index (Phi) is 5.06. The fourth-order valence-corrected chi connectivity index (χ4v) is 1.50. The lowest BCUT2D eigenvalue weighted by molar-refractivity contribution is -0.884. The van der Waals surface area contributed by atoms with Crippen LogP contribution in [-0.2, 0) is 6.54 Å². The zero-order chi connectivity index (χ0) is 10.9. The van der Waals surface area contributed by atoms with E-state index in [0.717, 1.165) is 22.2 Å². The molecule has 0 radical (unpaired) electrons. The Balaban J connectivity index is 0.00000196. The Morgan fingerprint density at radius 3 is 2.00 bits per heavy atom. The third-order valence-corrected chi connectivity index (χ3v) is 2.34. The molecule has 1 rings (SSSR count). The summed E-state index contributed by atoms with van der Waals surface area (Å²) in [5, 5.41) is 9.77. The highest BCUT2D eigenvalue weighted by molar-refractivity contribution is 5.40. The molecule has 0 saturated heterocycles. The van der Waals surface area contributed by atoms with Crippen LogP contribution in [0.5, 0.6) is 5.75 Å². The van der Waals surface area contributed by atoms with Crippen LogP contribution in [0.3, 0.4) is 0 Å². The second-order valence-electron chi connectivity index (χ2n) is 5.01. The lowest BCUT2D eigenvalue weighted by Gasteiger charge is -2.24. The van der Waals surface area contributed by atoms with Crippen LogP contribution in [-0.4, -0.2) is 30.7 Å². The number of phenols is 1. The minimum Gasteiger partial charge on any atom is -1.00 e. The van der Waals surface area contributed by atoms with Gasteiger partial charge in [0.1, 0.15) is 12.3 Å². The van der Waals surface area contributed by atoms with Crippen molar-refractivity contribution in [3.8, 4) is 5.75 Å². The summed E-state index contributed by atoms with van der Waals surface area (Å²) >= 11 is 0. The number of aryl methyl sites for hydroxylation is 2. The smallest absolute Gasteiger partial charge is 0.124 e. The molecule has 0 spiro atoms. The fourth-order valence-electron chi connectivity index (χ4n) is 1.50. The van der Waals surface area contributed by atoms with E-state index in [9.17, 15) is 5.11 Å². The number of benzene rings is 1. The summed E-state index contributed by atoms with van der Waals surface area (Å²) in [6.07, 6.45) is 0. The third kappa shape index (κ3) is 4.38. The molecule has 0 amide bonds. The standard InChI is InChI=1S/C12H19NO.HI/c1-9-6-11(8-13(3,4)5)12(14)7-10(9)2;/h6-7H,8H2,1-5H3;1H. The predicted octanol–water partition coefficient (Wildman–Crippen LogP) is -0.781. The van der Waals surface area contributed by atoms with Crippen molar-refractivity contribution in [1.82, 2.24) is 0 Å². The molecule has 1 aromatic carbocycles. The van der Waals surface area contributed by atoms with Crippen LogP contribution in [0, 0.1) is 13.8 Å². The van der Waals surface area contributed by atoms with Gasteiger partial charge in [-0.15, -0.1) is 0 Å². The van der Waals surface area contributed by atoms with Crippen molar-refractivity contribution < 1.29 is 33.6 Å². The van der Waals surface area contributed by atoms with E-state index in [1.54, 1.807) is 0 Å². The number of aromatic hydroxyl groups is 1. The van der Waals surface area contributed by atoms with Crippen molar-refractivity contribution in [2.45, 2.75) is 20.4 Å². The first-order chi connectivity index (χ1) is 6.29. The van der Waals surface area contributed by atoms with E-state index in [4.69, 9.17) is 0 Å². The van der Waals surface area contributed by atoms with Gasteiger partial charge in [-0.1, -0.05) is 0 Å². The van der Waals surface area contributed by atoms with Crippen molar-refractivity contribution in [2.24, 2.45) is 0 Å². The summed E-state index contributed by atoms with van der Waals surface area (Å²) in [4.78, 5) is 0. The van der Waals surface area contributed by atoms with Gasteiger partial charge < -0.3 is 33.6 Å². The molecule has 0 aliphatic heterocycles. The molecule has 0 heterocycles. The van der Waals surface area contributed by atoms with E-state index in [1.165, 1.54) is 5.56 Å². The van der Waals surface area contributed by atoms with Crippen molar-refractivity contribution >= 4 is 0 Å². The first-order valence-electron chi connectivity index (χ1n) is 4.89. The Morgan fingerprint density at radius 1 is 1.07 bits per heavy atom. The Morgan fingerprint density at radius 2 is 1.53 bits per heavy atom. The first kappa shape index (κ1) is 14.7. The predicted molar refractivity (Wildman–Crippen MR) is 59.3 cm³/mol. The monoisotopic (exact) mass is 321 g/mol. The number of quaternary nitrogens is 1. The van der Waals surface area contributed by atoms with E-state index in [2.05, 4.69) is 34.1 Å². The minimum absolute atomic E-state index is 0. The molecule has 0 atom stereocenters. The van der Waals surface area contributed by atoms with Gasteiger partial charge in [-0.2, -0.15) is 0 Å². The lowest BCUT2D eigenvalue weighted by atomic mass is 10.0. The van der Waals surface area contributed by atoms with E-state index >= 15 is 0 Å². The van der Waals surface area contributed by atoms with Crippen LogP contribution < -0.4 is 24.0 Å². The van der Waals surface area contributed by atoms with E-state index in [0.29, 0.717) is 5.75 Å². The molecule has 0 fully saturated rings. The van der Waals surface area contributed by atoms with Gasteiger partial charge >= 0.3 is 0 Å². The van der Waals surface area contributed by atoms with Gasteiger partial charge in [-0.25, -0.2) is 0 Å². The normalized spacial score (nSPS) is 11.0. The Hall–Kier alpha value is -0.290. The molecule has 2 nitrogen and oxygen atoms in total. The zero-order valence-electron chi connectivity index (χ0n) is 10.1. The van der Waals surface area contributed by atoms with E-state index < -0.39 is 0 Å². The second kappa shape index (κ2) is 5.16. The molecular weight excluding hydrogens is 301 g/mol. The summed E-state index contributed by atoms with van der Waals surface area (Å²) in [6.45, 7) is 4.95. The summed E-state index contributed by atoms with van der Waals surface area (Å²) in [7, 11) is 6.36. The molecule has 0 aliphatic carbocycles. The van der Waals surface area contributed by atoms with E-state index in [1.807, 2.05) is 13.0 Å². The van der Waals surface area contributed by atoms with Crippen molar-refractivity contribution in [1.29, 1.82) is 0 Å². The molecule has 0 bridgehead atoms. The molecule has 1 aromatic rings. The maximum Gasteiger partial charge on any atom is 0.124 e. The molecular formula is C12H20INO. The van der Waals surface area contributed by atoms with Gasteiger partial charge in [0.15, 0.2) is 0 Å². The number of hydrogen-bond acceptors (Lipinski definition) is 1. The molecule has 0 aromatic heterocycles. The van der Waals surface area contributed by atoms with Crippen molar-refractivity contribution in [3.05, 3.63) is 28.8 Å². The third-order valence-electron chi connectivity index (χ3n) is 2.34. The maximum atomic E-state index is 9.77. The molecule has 86 valence electrons. The molecule has 0 unspecified atom stereocenters. The quantitative estimate of drug-likeness (QED) is 0.560. The SMILES string of the molecule is Cc1cc(O)c(C[N+](C)(C)C)cc1C.[I-]. The molecule has 15 heavy (non-hydrogen) atoms. The zero-order valence-corrected chi connectivity index (χ0v) is 12.3. The van der Waals surface area contributed by atoms with Crippen molar-refractivity contribution in [2.75, 3.05) is 21.1 Å². The van der Waals surface area contributed by atoms with Crippen LogP contribution in [0.15, 0.2) is 12.1 Å². The highest BCUT2D eigenvalue weighted by atomic mass is 127. The molecule has 0 saturated carbocycles. The summed E-state index contributed by atoms with van der Waals surface area (Å²) in [5.74, 6) is 0.418. The number of phenolic OH excluding ortho intramolecular Hbond substituents is 1. The highest BCUT2D eigenvalue weighted by Crippen LogP contribution is 2.23. The minimum atomic E-state index is 0. The van der Waals surface area contributed by atoms with Crippen LogP contribution >= 0.6 is 0 Å². The summed E-state index contributed by atoms with van der Waals surface area (Å²) in [5.41, 5.74) is 3.42. The topological polar surface area (TPSA) is 20.2 Å². The van der Waals surface area contributed by atoms with Crippen molar-refractivity contribution in [3.63, 3.8) is 0 Å².